The molecule has 0 radical (unpaired) electrons. The summed E-state index contributed by atoms with van der Waals surface area (Å²) < 4.78 is 4.04. The number of aromatic nitrogens is 4. The van der Waals surface area contributed by atoms with Gasteiger partial charge in [0.2, 0.25) is 0 Å². The van der Waals surface area contributed by atoms with Gasteiger partial charge in [0.1, 0.15) is 12.0 Å². The number of hydrogen-bond acceptors (Lipinski definition) is 4. The summed E-state index contributed by atoms with van der Waals surface area (Å²) in [7, 11) is 0. The fraction of sp³-hybridized carbons (Fsp3) is 0.0357. The molecule has 0 atom stereocenters. The fourth-order valence-corrected chi connectivity index (χ4v) is 4.99. The van der Waals surface area contributed by atoms with E-state index in [2.05, 4.69) is 15.3 Å². The van der Waals surface area contributed by atoms with Gasteiger partial charge in [-0.3, -0.25) is 9.36 Å². The molecule has 6 rings (SSSR count). The van der Waals surface area contributed by atoms with Crippen molar-refractivity contribution in [2.24, 2.45) is 0 Å². The van der Waals surface area contributed by atoms with E-state index in [-0.39, 0.29) is 5.91 Å². The number of benzene rings is 3. The van der Waals surface area contributed by atoms with E-state index in [0.717, 1.165) is 38.6 Å². The van der Waals surface area contributed by atoms with E-state index in [1.54, 1.807) is 11.8 Å². The second kappa shape index (κ2) is 9.12. The number of pyridine rings is 1. The van der Waals surface area contributed by atoms with Gasteiger partial charge in [0.15, 0.2) is 0 Å². The monoisotopic (exact) mass is 475 g/mol. The summed E-state index contributed by atoms with van der Waals surface area (Å²) in [5.74, 6) is 0.545. The lowest BCUT2D eigenvalue weighted by molar-refractivity contribution is 0.102. The Balaban J connectivity index is 1.17. The number of carbonyl (C=O) groups is 1. The third-order valence-electron chi connectivity index (χ3n) is 5.78. The van der Waals surface area contributed by atoms with E-state index in [1.165, 1.54) is 0 Å². The number of carbonyl (C=O) groups excluding carboxylic acids is 1. The Morgan fingerprint density at radius 1 is 0.886 bits per heavy atom. The number of imidazole rings is 2. The zero-order valence-corrected chi connectivity index (χ0v) is 19.5. The second-order valence-corrected chi connectivity index (χ2v) is 9.10. The molecular weight excluding hydrogens is 454 g/mol. The lowest BCUT2D eigenvalue weighted by Crippen LogP contribution is -2.13. The van der Waals surface area contributed by atoms with Crippen molar-refractivity contribution in [2.75, 3.05) is 5.32 Å². The molecule has 1 amide bonds. The topological polar surface area (TPSA) is 64.2 Å². The quantitative estimate of drug-likeness (QED) is 0.291. The Kier molecular flexibility index (Phi) is 5.52. The molecule has 0 aliphatic carbocycles. The zero-order valence-electron chi connectivity index (χ0n) is 18.7. The molecule has 0 unspecified atom stereocenters. The van der Waals surface area contributed by atoms with Crippen molar-refractivity contribution in [1.82, 2.24) is 18.9 Å². The van der Waals surface area contributed by atoms with Crippen LogP contribution in [0.25, 0.3) is 22.4 Å². The summed E-state index contributed by atoms with van der Waals surface area (Å²) in [6, 6.07) is 29.4. The van der Waals surface area contributed by atoms with Crippen LogP contribution in [0.5, 0.6) is 0 Å². The first-order valence-electron chi connectivity index (χ1n) is 11.2. The predicted molar refractivity (Wildman–Crippen MR) is 140 cm³/mol. The van der Waals surface area contributed by atoms with E-state index in [4.69, 9.17) is 0 Å². The predicted octanol–water partition coefficient (Wildman–Crippen LogP) is 6.22. The molecule has 3 heterocycles. The summed E-state index contributed by atoms with van der Waals surface area (Å²) in [6.07, 6.45) is 5.82. The van der Waals surface area contributed by atoms with Crippen molar-refractivity contribution < 1.29 is 4.79 Å². The maximum absolute atomic E-state index is 13.1. The number of rotatable bonds is 6. The van der Waals surface area contributed by atoms with Crippen molar-refractivity contribution in [2.45, 2.75) is 10.6 Å². The second-order valence-electron chi connectivity index (χ2n) is 8.09. The van der Waals surface area contributed by atoms with Crippen molar-refractivity contribution in [3.8, 4) is 5.69 Å². The van der Waals surface area contributed by atoms with Gasteiger partial charge in [-0.15, -0.1) is 11.8 Å². The van der Waals surface area contributed by atoms with Gasteiger partial charge in [-0.05, 0) is 60.7 Å². The van der Waals surface area contributed by atoms with E-state index in [0.29, 0.717) is 11.3 Å². The summed E-state index contributed by atoms with van der Waals surface area (Å²) in [4.78, 5) is 23.1. The van der Waals surface area contributed by atoms with E-state index in [9.17, 15) is 4.79 Å². The molecule has 1 N–H and O–H groups in total. The number of thioether (sulfide) groups is 1. The molecule has 0 aliphatic rings. The van der Waals surface area contributed by atoms with Crippen LogP contribution < -0.4 is 5.32 Å². The van der Waals surface area contributed by atoms with Crippen LogP contribution in [0.15, 0.2) is 115 Å². The molecule has 0 aliphatic heterocycles. The van der Waals surface area contributed by atoms with Crippen LogP contribution in [-0.4, -0.2) is 24.8 Å². The van der Waals surface area contributed by atoms with E-state index in [1.807, 2.05) is 119 Å². The first-order valence-corrected chi connectivity index (χ1v) is 12.2. The molecule has 0 saturated carbocycles. The standard InChI is InChI=1S/C28H21N5OS/c34-28(31-20-12-14-22(15-13-20)33-19-29-24-8-2-3-9-25(24)33)23-7-1-4-10-26(23)35-18-21-17-32-16-6-5-11-27(32)30-21/h1-17,19H,18H2,(H,31,34). The number of nitrogens with one attached hydrogen (secondary N) is 1. The zero-order chi connectivity index (χ0) is 23.6. The van der Waals surface area contributed by atoms with Gasteiger partial charge >= 0.3 is 0 Å². The molecular formula is C28H21N5OS. The highest BCUT2D eigenvalue weighted by molar-refractivity contribution is 7.98. The molecule has 35 heavy (non-hydrogen) atoms. The maximum atomic E-state index is 13.1. The Hall–Kier alpha value is -4.36. The molecule has 3 aromatic carbocycles. The third kappa shape index (κ3) is 4.29. The number of para-hydroxylation sites is 2. The average Bonchev–Trinajstić information content (AvgIpc) is 3.52. The molecule has 6 nitrogen and oxygen atoms in total. The van der Waals surface area contributed by atoms with Crippen LogP contribution in [0.3, 0.4) is 0 Å². The Morgan fingerprint density at radius 2 is 1.69 bits per heavy atom. The normalized spacial score (nSPS) is 11.2. The van der Waals surface area contributed by atoms with E-state index < -0.39 is 0 Å². The van der Waals surface area contributed by atoms with Gasteiger partial charge in [-0.1, -0.05) is 30.3 Å². The minimum absolute atomic E-state index is 0.135. The number of nitrogens with zero attached hydrogens (tertiary/aromatic N) is 4. The lowest BCUT2D eigenvalue weighted by atomic mass is 10.2. The molecule has 0 saturated heterocycles. The van der Waals surface area contributed by atoms with Crippen LogP contribution >= 0.6 is 11.8 Å². The van der Waals surface area contributed by atoms with Crippen molar-refractivity contribution in [3.05, 3.63) is 121 Å². The number of hydrogen-bond donors (Lipinski definition) is 1. The molecule has 0 spiro atoms. The molecule has 170 valence electrons. The first-order chi connectivity index (χ1) is 17.2. The molecule has 0 bridgehead atoms. The van der Waals surface area contributed by atoms with Crippen LogP contribution in [0.2, 0.25) is 0 Å². The Bertz CT molecular complexity index is 1620. The van der Waals surface area contributed by atoms with Crippen LogP contribution in [0.1, 0.15) is 16.1 Å². The van der Waals surface area contributed by atoms with Gasteiger partial charge in [0.05, 0.1) is 22.3 Å². The number of anilines is 1. The van der Waals surface area contributed by atoms with Gasteiger partial charge in [0, 0.05) is 34.4 Å². The van der Waals surface area contributed by atoms with Crippen LogP contribution in [-0.2, 0) is 5.75 Å². The van der Waals surface area contributed by atoms with Crippen LogP contribution in [0.4, 0.5) is 5.69 Å². The minimum Gasteiger partial charge on any atom is -0.322 e. The molecule has 3 aromatic heterocycles. The smallest absolute Gasteiger partial charge is 0.256 e. The van der Waals surface area contributed by atoms with Gasteiger partial charge in [-0.2, -0.15) is 0 Å². The highest BCUT2D eigenvalue weighted by atomic mass is 32.2. The summed E-state index contributed by atoms with van der Waals surface area (Å²) >= 11 is 1.61. The van der Waals surface area contributed by atoms with Crippen molar-refractivity contribution in [3.63, 3.8) is 0 Å². The summed E-state index contributed by atoms with van der Waals surface area (Å²) in [5, 5.41) is 3.03. The summed E-state index contributed by atoms with van der Waals surface area (Å²) in [6.45, 7) is 0. The Morgan fingerprint density at radius 3 is 2.57 bits per heavy atom. The SMILES string of the molecule is O=C(Nc1ccc(-n2cnc3ccccc32)cc1)c1ccccc1SCc1cn2ccccc2n1. The maximum Gasteiger partial charge on any atom is 0.256 e. The van der Waals surface area contributed by atoms with Crippen molar-refractivity contribution in [1.29, 1.82) is 0 Å². The van der Waals surface area contributed by atoms with Gasteiger partial charge in [0.25, 0.3) is 5.91 Å². The van der Waals surface area contributed by atoms with Crippen molar-refractivity contribution >= 4 is 40.0 Å². The van der Waals surface area contributed by atoms with Gasteiger partial charge in [-0.25, -0.2) is 9.97 Å². The Labute approximate surface area is 206 Å². The van der Waals surface area contributed by atoms with E-state index >= 15 is 0 Å². The van der Waals surface area contributed by atoms with Gasteiger partial charge < -0.3 is 9.72 Å². The highest BCUT2D eigenvalue weighted by Crippen LogP contribution is 2.27. The number of amides is 1. The highest BCUT2D eigenvalue weighted by Gasteiger charge is 2.13. The van der Waals surface area contributed by atoms with Crippen LogP contribution in [0, 0.1) is 0 Å². The summed E-state index contributed by atoms with van der Waals surface area (Å²) in [5.41, 5.74) is 6.25. The first kappa shape index (κ1) is 21.2. The lowest BCUT2D eigenvalue weighted by Gasteiger charge is -2.11. The fourth-order valence-electron chi connectivity index (χ4n) is 4.06. The third-order valence-corrected chi connectivity index (χ3v) is 6.89. The molecule has 7 heteroatoms. The minimum atomic E-state index is -0.135. The number of fused-ring (bicyclic) bond motifs is 2. The molecule has 6 aromatic rings. The average molecular weight is 476 g/mol. The largest absolute Gasteiger partial charge is 0.322 e. The molecule has 0 fully saturated rings.